The van der Waals surface area contributed by atoms with Crippen LogP contribution in [0.25, 0.3) is 0 Å². The number of benzene rings is 2. The summed E-state index contributed by atoms with van der Waals surface area (Å²) >= 11 is 0. The number of nitrogens with one attached hydrogen (secondary N) is 1. The van der Waals surface area contributed by atoms with Crippen molar-refractivity contribution in [2.75, 3.05) is 26.3 Å². The van der Waals surface area contributed by atoms with Gasteiger partial charge in [0.25, 0.3) is 0 Å². The summed E-state index contributed by atoms with van der Waals surface area (Å²) < 4.78 is 69.3. The van der Waals surface area contributed by atoms with Gasteiger partial charge in [-0.25, -0.2) is 17.8 Å². The van der Waals surface area contributed by atoms with Crippen molar-refractivity contribution in [3.63, 3.8) is 0 Å². The summed E-state index contributed by atoms with van der Waals surface area (Å²) in [5, 5.41) is 2.72. The molecule has 2 aromatic rings. The van der Waals surface area contributed by atoms with E-state index in [0.717, 1.165) is 20.9 Å². The van der Waals surface area contributed by atoms with Gasteiger partial charge in [-0.2, -0.15) is 4.31 Å². The number of hydrogen-bond donors (Lipinski definition) is 3. The molecule has 0 radical (unpaired) electrons. The van der Waals surface area contributed by atoms with Crippen LogP contribution in [0.3, 0.4) is 0 Å². The summed E-state index contributed by atoms with van der Waals surface area (Å²) in [7, 11) is -9.35. The molecule has 45 heavy (non-hydrogen) atoms. The first-order chi connectivity index (χ1) is 21.3. The molecule has 3 N–H and O–H groups in total. The van der Waals surface area contributed by atoms with Crippen LogP contribution in [0.2, 0.25) is 6.82 Å². The van der Waals surface area contributed by atoms with Crippen LogP contribution < -0.4 is 10.8 Å². The molecule has 0 bridgehead atoms. The van der Waals surface area contributed by atoms with Gasteiger partial charge in [0.2, 0.25) is 10.0 Å². The van der Waals surface area contributed by atoms with E-state index in [9.17, 15) is 27.6 Å². The first-order valence-electron chi connectivity index (χ1n) is 15.0. The molecule has 246 valence electrons. The van der Waals surface area contributed by atoms with E-state index in [-0.39, 0.29) is 49.8 Å². The van der Waals surface area contributed by atoms with Gasteiger partial charge in [-0.1, -0.05) is 57.1 Å². The Morgan fingerprint density at radius 1 is 1.16 bits per heavy atom. The van der Waals surface area contributed by atoms with E-state index >= 15 is 0 Å². The topological polar surface area (TPSA) is 170 Å². The van der Waals surface area contributed by atoms with Crippen LogP contribution in [-0.4, -0.2) is 86.4 Å². The molecule has 16 heteroatoms. The molecule has 5 rings (SSSR count). The first kappa shape index (κ1) is 34.0. The van der Waals surface area contributed by atoms with Gasteiger partial charge in [0.05, 0.1) is 36.7 Å². The van der Waals surface area contributed by atoms with E-state index in [1.807, 2.05) is 26.7 Å². The number of phosphoric acid groups is 1. The summed E-state index contributed by atoms with van der Waals surface area (Å²) in [5.74, 6) is -0.277. The molecule has 3 aliphatic heterocycles. The average Bonchev–Trinajstić information content (AvgIpc) is 3.69. The minimum Gasteiger partial charge on any atom is -0.443 e. The van der Waals surface area contributed by atoms with Gasteiger partial charge < -0.3 is 34.0 Å². The standard InChI is InChI=1S/C29H40BN2O11PS/c1-19(2)15-32(45(37,38)22-9-10-24-21(14-22)17-41-30(24)3)16-26(43-44(34,35)36)25(13-20-7-5-4-6-8-20)31-29(33)42-27-18-40-28-23(27)11-12-39-28/h4-10,14,19,23,25-28H,11-13,15-18H2,1-3H3,(H,31,33)(H2,34,35,36)/t23-,25-,26+,27?,28+/m0/s1. The Morgan fingerprint density at radius 2 is 1.91 bits per heavy atom. The number of fused-ring (bicyclic) bond motifs is 2. The third kappa shape index (κ3) is 8.53. The lowest BCUT2D eigenvalue weighted by atomic mass is 9.64. The molecule has 0 aromatic heterocycles. The Hall–Kier alpha value is -2.33. The fourth-order valence-corrected chi connectivity index (χ4v) is 8.25. The van der Waals surface area contributed by atoms with E-state index in [1.54, 1.807) is 36.4 Å². The van der Waals surface area contributed by atoms with Crippen LogP contribution >= 0.6 is 7.82 Å². The Labute approximate surface area is 263 Å². The second-order valence-electron chi connectivity index (χ2n) is 12.1. The Morgan fingerprint density at radius 3 is 2.62 bits per heavy atom. The molecule has 1 amide bonds. The number of rotatable bonds is 13. The minimum absolute atomic E-state index is 0.0241. The summed E-state index contributed by atoms with van der Waals surface area (Å²) in [6, 6.07) is 12.7. The van der Waals surface area contributed by atoms with Gasteiger partial charge in [0.1, 0.15) is 12.2 Å². The van der Waals surface area contributed by atoms with Gasteiger partial charge >= 0.3 is 20.8 Å². The van der Waals surface area contributed by atoms with Crippen molar-refractivity contribution in [3.8, 4) is 0 Å². The molecule has 3 heterocycles. The maximum absolute atomic E-state index is 14.1. The highest BCUT2D eigenvalue weighted by atomic mass is 32.2. The molecule has 0 aliphatic carbocycles. The van der Waals surface area contributed by atoms with Crippen molar-refractivity contribution in [2.45, 2.75) is 69.6 Å². The lowest BCUT2D eigenvalue weighted by Crippen LogP contribution is -2.52. The Balaban J connectivity index is 1.44. The predicted octanol–water partition coefficient (Wildman–Crippen LogP) is 2.27. The molecule has 0 saturated carbocycles. The van der Waals surface area contributed by atoms with E-state index in [2.05, 4.69) is 5.32 Å². The van der Waals surface area contributed by atoms with Crippen molar-refractivity contribution in [3.05, 3.63) is 59.7 Å². The number of alkyl carbamates (subject to hydrolysis) is 1. The highest BCUT2D eigenvalue weighted by Gasteiger charge is 2.44. The van der Waals surface area contributed by atoms with Crippen molar-refractivity contribution in [1.29, 1.82) is 0 Å². The van der Waals surface area contributed by atoms with Crippen LogP contribution in [0.4, 0.5) is 4.79 Å². The number of carbonyl (C=O) groups excluding carboxylic acids is 1. The zero-order valence-corrected chi connectivity index (χ0v) is 27.2. The molecule has 2 fully saturated rings. The van der Waals surface area contributed by atoms with Crippen LogP contribution in [-0.2, 0) is 51.0 Å². The zero-order valence-electron chi connectivity index (χ0n) is 25.5. The van der Waals surface area contributed by atoms with E-state index in [1.165, 1.54) is 6.07 Å². The van der Waals surface area contributed by atoms with Gasteiger partial charge in [0.15, 0.2) is 6.29 Å². The van der Waals surface area contributed by atoms with Crippen LogP contribution in [0.15, 0.2) is 53.4 Å². The fraction of sp³-hybridized carbons (Fsp3) is 0.552. The van der Waals surface area contributed by atoms with Crippen molar-refractivity contribution < 1.29 is 51.0 Å². The summed E-state index contributed by atoms with van der Waals surface area (Å²) in [6.45, 7) is 5.88. The molecule has 1 unspecified atom stereocenters. The average molecular weight is 666 g/mol. The summed E-state index contributed by atoms with van der Waals surface area (Å²) in [4.78, 5) is 33.2. The zero-order chi connectivity index (χ0) is 32.4. The second-order valence-corrected chi connectivity index (χ2v) is 15.2. The molecule has 0 spiro atoms. The Kier molecular flexibility index (Phi) is 10.7. The first-order valence-corrected chi connectivity index (χ1v) is 18.0. The number of carbonyl (C=O) groups is 1. The number of nitrogens with zero attached hydrogens (tertiary/aromatic N) is 1. The van der Waals surface area contributed by atoms with Gasteiger partial charge in [-0.05, 0) is 47.5 Å². The highest BCUT2D eigenvalue weighted by molar-refractivity contribution is 7.89. The summed E-state index contributed by atoms with van der Waals surface area (Å²) in [6.07, 6.45) is -2.59. The number of sulfonamides is 1. The molecule has 13 nitrogen and oxygen atoms in total. The third-order valence-electron chi connectivity index (χ3n) is 8.20. The number of ether oxygens (including phenoxy) is 3. The SMILES string of the molecule is CB1OCc2cc(S(=O)(=O)N(CC(C)C)C[C@@H](OP(=O)(O)O)[C@H](Cc3ccccc3)NC(=O)OC3CO[C@H]4OCC[C@@H]34)ccc21. The molecular formula is C29H40BN2O11PS. The maximum Gasteiger partial charge on any atom is 0.469 e. The van der Waals surface area contributed by atoms with Crippen LogP contribution in [0.1, 0.15) is 31.4 Å². The van der Waals surface area contributed by atoms with E-state index < -0.39 is 55.0 Å². The predicted molar refractivity (Wildman–Crippen MR) is 164 cm³/mol. The molecule has 2 saturated heterocycles. The van der Waals surface area contributed by atoms with Crippen LogP contribution in [0, 0.1) is 11.8 Å². The second kappa shape index (κ2) is 14.2. The molecule has 3 aliphatic rings. The van der Waals surface area contributed by atoms with E-state index in [4.69, 9.17) is 23.4 Å². The van der Waals surface area contributed by atoms with Gasteiger partial charge in [0, 0.05) is 13.1 Å². The molecular weight excluding hydrogens is 626 g/mol. The molecule has 2 aromatic carbocycles. The van der Waals surface area contributed by atoms with Crippen molar-refractivity contribution >= 4 is 36.3 Å². The number of hydrogen-bond acceptors (Lipinski definition) is 9. The number of amides is 1. The largest absolute Gasteiger partial charge is 0.469 e. The van der Waals surface area contributed by atoms with Crippen molar-refractivity contribution in [1.82, 2.24) is 9.62 Å². The fourth-order valence-electron chi connectivity index (χ4n) is 6.02. The van der Waals surface area contributed by atoms with Crippen molar-refractivity contribution in [2.24, 2.45) is 11.8 Å². The third-order valence-corrected chi connectivity index (χ3v) is 10.6. The normalized spacial score (nSPS) is 22.8. The quantitative estimate of drug-likeness (QED) is 0.212. The smallest absolute Gasteiger partial charge is 0.443 e. The highest BCUT2D eigenvalue weighted by Crippen LogP contribution is 2.39. The van der Waals surface area contributed by atoms with Gasteiger partial charge in [-0.3, -0.25) is 4.52 Å². The maximum atomic E-state index is 14.1. The summed E-state index contributed by atoms with van der Waals surface area (Å²) in [5.41, 5.74) is 2.38. The van der Waals surface area contributed by atoms with Gasteiger partial charge in [-0.15, -0.1) is 0 Å². The Bertz CT molecular complexity index is 1490. The molecule has 5 atom stereocenters. The minimum atomic E-state index is -5.17. The lowest BCUT2D eigenvalue weighted by Gasteiger charge is -2.33. The number of phosphoric ester groups is 1. The van der Waals surface area contributed by atoms with E-state index in [0.29, 0.717) is 13.0 Å². The monoisotopic (exact) mass is 666 g/mol. The van der Waals surface area contributed by atoms with Crippen LogP contribution in [0.5, 0.6) is 0 Å². The lowest BCUT2D eigenvalue weighted by molar-refractivity contribution is -0.0907.